The Labute approximate surface area is 85.7 Å². The third-order valence-electron chi connectivity index (χ3n) is 3.83. The van der Waals surface area contributed by atoms with Crippen LogP contribution in [0.3, 0.4) is 0 Å². The van der Waals surface area contributed by atoms with Crippen LogP contribution in [0.5, 0.6) is 0 Å². The third kappa shape index (κ3) is 1.15. The number of fused-ring (bicyclic) bond motifs is 2. The molecule has 2 aliphatic rings. The van der Waals surface area contributed by atoms with Crippen molar-refractivity contribution in [2.75, 3.05) is 11.4 Å². The Balaban J connectivity index is 1.93. The minimum Gasteiger partial charge on any atom is -0.368 e. The second-order valence-electron chi connectivity index (χ2n) is 4.77. The van der Waals surface area contributed by atoms with Crippen LogP contribution in [0, 0.1) is 12.8 Å². The first-order valence-electron chi connectivity index (χ1n) is 5.67. The molecule has 1 heterocycles. The van der Waals surface area contributed by atoms with Gasteiger partial charge in [0.25, 0.3) is 0 Å². The van der Waals surface area contributed by atoms with Crippen molar-refractivity contribution in [3.05, 3.63) is 29.8 Å². The van der Waals surface area contributed by atoms with Gasteiger partial charge in [-0.1, -0.05) is 18.2 Å². The van der Waals surface area contributed by atoms with E-state index in [2.05, 4.69) is 36.1 Å². The Kier molecular flexibility index (Phi) is 1.79. The van der Waals surface area contributed by atoms with Crippen molar-refractivity contribution >= 4 is 5.69 Å². The van der Waals surface area contributed by atoms with Gasteiger partial charge < -0.3 is 4.90 Å². The molecule has 1 heteroatoms. The fraction of sp³-hybridized carbons (Fsp3) is 0.538. The lowest BCUT2D eigenvalue weighted by Crippen LogP contribution is -2.32. The first-order valence-corrected chi connectivity index (χ1v) is 5.67. The summed E-state index contributed by atoms with van der Waals surface area (Å²) in [5, 5.41) is 0. The summed E-state index contributed by atoms with van der Waals surface area (Å²) >= 11 is 0. The first-order chi connectivity index (χ1) is 6.84. The van der Waals surface area contributed by atoms with Crippen LogP contribution in [-0.2, 0) is 0 Å². The van der Waals surface area contributed by atoms with Crippen LogP contribution in [-0.4, -0.2) is 12.6 Å². The van der Waals surface area contributed by atoms with Gasteiger partial charge in [0.2, 0.25) is 0 Å². The van der Waals surface area contributed by atoms with Crippen LogP contribution in [0.4, 0.5) is 5.69 Å². The molecule has 1 saturated carbocycles. The molecule has 2 bridgehead atoms. The number of benzene rings is 1. The summed E-state index contributed by atoms with van der Waals surface area (Å²) in [7, 11) is 0. The second kappa shape index (κ2) is 3.01. The molecule has 1 aliphatic carbocycles. The molecule has 0 spiro atoms. The smallest absolute Gasteiger partial charge is 0.0398 e. The highest BCUT2D eigenvalue weighted by atomic mass is 15.2. The van der Waals surface area contributed by atoms with E-state index in [4.69, 9.17) is 0 Å². The Morgan fingerprint density at radius 3 is 2.71 bits per heavy atom. The molecule has 2 unspecified atom stereocenters. The fourth-order valence-corrected chi connectivity index (χ4v) is 3.11. The molecule has 0 N–H and O–H groups in total. The number of para-hydroxylation sites is 1. The molecule has 0 radical (unpaired) electrons. The van der Waals surface area contributed by atoms with E-state index < -0.39 is 0 Å². The number of aryl methyl sites for hydroxylation is 1. The van der Waals surface area contributed by atoms with E-state index in [0.717, 1.165) is 12.0 Å². The lowest BCUT2D eigenvalue weighted by molar-refractivity contribution is 0.553. The minimum absolute atomic E-state index is 0.848. The zero-order valence-corrected chi connectivity index (χ0v) is 8.74. The van der Waals surface area contributed by atoms with Gasteiger partial charge in [-0.05, 0) is 43.7 Å². The van der Waals surface area contributed by atoms with E-state index in [1.165, 1.54) is 37.1 Å². The largest absolute Gasteiger partial charge is 0.368 e. The van der Waals surface area contributed by atoms with Gasteiger partial charge in [-0.15, -0.1) is 0 Å². The highest BCUT2D eigenvalue weighted by molar-refractivity contribution is 5.55. The Bertz CT molecular complexity index is 345. The molecule has 1 aliphatic heterocycles. The quantitative estimate of drug-likeness (QED) is 0.653. The number of anilines is 1. The summed E-state index contributed by atoms with van der Waals surface area (Å²) in [5.41, 5.74) is 2.90. The fourth-order valence-electron chi connectivity index (χ4n) is 3.11. The zero-order chi connectivity index (χ0) is 9.54. The summed E-state index contributed by atoms with van der Waals surface area (Å²) in [6.07, 6.45) is 4.32. The van der Waals surface area contributed by atoms with Gasteiger partial charge in [-0.2, -0.15) is 0 Å². The Morgan fingerprint density at radius 2 is 2.07 bits per heavy atom. The molecule has 1 saturated heterocycles. The summed E-state index contributed by atoms with van der Waals surface area (Å²) in [4.78, 5) is 2.63. The summed E-state index contributed by atoms with van der Waals surface area (Å²) in [6.45, 7) is 3.52. The van der Waals surface area contributed by atoms with Crippen molar-refractivity contribution in [2.24, 2.45) is 5.92 Å². The molecule has 3 rings (SSSR count). The van der Waals surface area contributed by atoms with Crippen LogP contribution < -0.4 is 4.90 Å². The van der Waals surface area contributed by atoms with E-state index in [9.17, 15) is 0 Å². The highest BCUT2D eigenvalue weighted by Gasteiger charge is 2.37. The first kappa shape index (κ1) is 8.34. The molecule has 2 atom stereocenters. The van der Waals surface area contributed by atoms with Gasteiger partial charge in [0.1, 0.15) is 0 Å². The van der Waals surface area contributed by atoms with Crippen molar-refractivity contribution in [1.82, 2.24) is 0 Å². The lowest BCUT2D eigenvalue weighted by Gasteiger charge is -2.30. The summed E-state index contributed by atoms with van der Waals surface area (Å²) in [5.74, 6) is 0.986. The lowest BCUT2D eigenvalue weighted by atomic mass is 10.1. The molecule has 1 aromatic carbocycles. The maximum absolute atomic E-state index is 2.63. The number of hydrogen-bond acceptors (Lipinski definition) is 1. The molecule has 0 amide bonds. The average molecular weight is 187 g/mol. The van der Waals surface area contributed by atoms with Crippen molar-refractivity contribution in [1.29, 1.82) is 0 Å². The van der Waals surface area contributed by atoms with Gasteiger partial charge in [0.15, 0.2) is 0 Å². The SMILES string of the molecule is Cc1ccccc1N1CC2CCC1C2. The number of piperidine rings is 1. The molecule has 1 nitrogen and oxygen atoms in total. The standard InChI is InChI=1S/C13H17N/c1-10-4-2-3-5-13(10)14-9-11-6-7-12(14)8-11/h2-5,11-12H,6-9H2,1H3. The molecule has 14 heavy (non-hydrogen) atoms. The monoisotopic (exact) mass is 187 g/mol. The summed E-state index contributed by atoms with van der Waals surface area (Å²) in [6, 6.07) is 9.64. The van der Waals surface area contributed by atoms with Gasteiger partial charge in [0, 0.05) is 18.3 Å². The van der Waals surface area contributed by atoms with E-state index >= 15 is 0 Å². The van der Waals surface area contributed by atoms with Crippen LogP contribution >= 0.6 is 0 Å². The molecular weight excluding hydrogens is 170 g/mol. The predicted octanol–water partition coefficient (Wildman–Crippen LogP) is 2.98. The van der Waals surface area contributed by atoms with Gasteiger partial charge in [-0.25, -0.2) is 0 Å². The Hall–Kier alpha value is -0.980. The van der Waals surface area contributed by atoms with E-state index in [-0.39, 0.29) is 0 Å². The molecule has 0 aromatic heterocycles. The van der Waals surface area contributed by atoms with Crippen LogP contribution in [0.2, 0.25) is 0 Å². The van der Waals surface area contributed by atoms with Gasteiger partial charge >= 0.3 is 0 Å². The van der Waals surface area contributed by atoms with Crippen LogP contribution in [0.15, 0.2) is 24.3 Å². The third-order valence-corrected chi connectivity index (χ3v) is 3.83. The van der Waals surface area contributed by atoms with Crippen molar-refractivity contribution in [3.63, 3.8) is 0 Å². The Morgan fingerprint density at radius 1 is 1.21 bits per heavy atom. The minimum atomic E-state index is 0.848. The number of hydrogen-bond donors (Lipinski definition) is 0. The van der Waals surface area contributed by atoms with Crippen LogP contribution in [0.25, 0.3) is 0 Å². The normalized spacial score (nSPS) is 29.9. The number of nitrogens with zero attached hydrogens (tertiary/aromatic N) is 1. The van der Waals surface area contributed by atoms with Crippen molar-refractivity contribution < 1.29 is 0 Å². The van der Waals surface area contributed by atoms with E-state index in [0.29, 0.717) is 0 Å². The predicted molar refractivity (Wildman–Crippen MR) is 59.7 cm³/mol. The van der Waals surface area contributed by atoms with Gasteiger partial charge in [0.05, 0.1) is 0 Å². The highest BCUT2D eigenvalue weighted by Crippen LogP contribution is 2.40. The van der Waals surface area contributed by atoms with Crippen LogP contribution in [0.1, 0.15) is 24.8 Å². The summed E-state index contributed by atoms with van der Waals surface area (Å²) < 4.78 is 0. The topological polar surface area (TPSA) is 3.24 Å². The second-order valence-corrected chi connectivity index (χ2v) is 4.77. The van der Waals surface area contributed by atoms with E-state index in [1.54, 1.807) is 0 Å². The number of rotatable bonds is 1. The van der Waals surface area contributed by atoms with Crippen molar-refractivity contribution in [3.8, 4) is 0 Å². The molecule has 1 aromatic rings. The van der Waals surface area contributed by atoms with E-state index in [1.807, 2.05) is 0 Å². The zero-order valence-electron chi connectivity index (χ0n) is 8.74. The molecule has 74 valence electrons. The maximum Gasteiger partial charge on any atom is 0.0398 e. The maximum atomic E-state index is 2.63. The van der Waals surface area contributed by atoms with Crippen molar-refractivity contribution in [2.45, 2.75) is 32.2 Å². The molecular formula is C13H17N. The molecule has 2 fully saturated rings. The average Bonchev–Trinajstić information content (AvgIpc) is 2.79. The van der Waals surface area contributed by atoms with Gasteiger partial charge in [-0.3, -0.25) is 0 Å².